The molecule has 0 saturated carbocycles. The number of benzene rings is 3. The van der Waals surface area contributed by atoms with Crippen molar-refractivity contribution in [3.05, 3.63) is 82.4 Å². The van der Waals surface area contributed by atoms with E-state index in [1.54, 1.807) is 19.9 Å². The Hall–Kier alpha value is -3.41. The molecule has 1 aliphatic heterocycles. The maximum absolute atomic E-state index is 13.7. The number of hydrogen-bond acceptors (Lipinski definition) is 7. The van der Waals surface area contributed by atoms with Gasteiger partial charge in [0.05, 0.1) is 11.2 Å². The molecule has 1 amide bonds. The van der Waals surface area contributed by atoms with Gasteiger partial charge >= 0.3 is 23.7 Å². The van der Waals surface area contributed by atoms with E-state index in [4.69, 9.17) is 18.2 Å². The van der Waals surface area contributed by atoms with Gasteiger partial charge in [0.1, 0.15) is 6.61 Å². The molecule has 5 rings (SSSR count). The van der Waals surface area contributed by atoms with Crippen LogP contribution in [0.4, 0.5) is 8.68 Å². The van der Waals surface area contributed by atoms with Crippen molar-refractivity contribution in [3.8, 4) is 16.9 Å². The highest BCUT2D eigenvalue weighted by molar-refractivity contribution is 7.81. The largest absolute Gasteiger partial charge is 0.495 e. The number of carbonyl (C=O) groups excluding carboxylic acids is 1. The molecule has 8 nitrogen and oxygen atoms in total. The predicted molar refractivity (Wildman–Crippen MR) is 154 cm³/mol. The molecule has 0 aromatic heterocycles. The van der Waals surface area contributed by atoms with Gasteiger partial charge in [0.25, 0.3) is 0 Å². The zero-order valence-corrected chi connectivity index (χ0v) is 24.7. The molecule has 1 fully saturated rings. The van der Waals surface area contributed by atoms with E-state index in [-0.39, 0.29) is 24.8 Å². The van der Waals surface area contributed by atoms with Crippen molar-refractivity contribution < 1.29 is 35.3 Å². The number of carbonyl (C=O) groups is 1. The van der Waals surface area contributed by atoms with Crippen LogP contribution < -0.4 is 15.0 Å². The average molecular weight is 581 g/mol. The number of amides is 1. The van der Waals surface area contributed by atoms with Crippen LogP contribution in [-0.2, 0) is 31.1 Å². The molecule has 1 aliphatic carbocycles. The molecule has 11 heteroatoms. The van der Waals surface area contributed by atoms with Gasteiger partial charge in [0.15, 0.2) is 5.75 Å². The Bertz CT molecular complexity index is 1560. The number of ether oxygens (including phenoxy) is 1. The second-order valence-electron chi connectivity index (χ2n) is 11.4. The highest BCUT2D eigenvalue weighted by atomic mass is 32.3. The molecule has 0 unspecified atom stereocenters. The lowest BCUT2D eigenvalue weighted by atomic mass is 9.74. The zero-order chi connectivity index (χ0) is 29.7. The standard InChI is InChI=1S/C30H33BFNO7S/c1-18-20(15-26(19(2)27(18)38-41(32,35)36)31-39-29(3,4)30(5,6)40-31)16-33-28(34)37-17-25-23-13-9-7-11-21(23)22-12-8-10-14-24(22)25/h7-15,25H,16-17H2,1-6H3,(H,33,34). The monoisotopic (exact) mass is 581 g/mol. The molecule has 0 bridgehead atoms. The first-order valence-electron chi connectivity index (χ1n) is 13.4. The smallest absolute Gasteiger partial charge is 0.449 e. The van der Waals surface area contributed by atoms with E-state index in [0.29, 0.717) is 22.2 Å². The second kappa shape index (κ2) is 10.5. The molecule has 216 valence electrons. The van der Waals surface area contributed by atoms with Crippen molar-refractivity contribution in [1.82, 2.24) is 5.32 Å². The summed E-state index contributed by atoms with van der Waals surface area (Å²) < 4.78 is 59.3. The predicted octanol–water partition coefficient (Wildman–Crippen LogP) is 5.23. The first-order chi connectivity index (χ1) is 19.2. The molecule has 1 saturated heterocycles. The fourth-order valence-corrected chi connectivity index (χ4v) is 5.85. The van der Waals surface area contributed by atoms with Gasteiger partial charge in [-0.3, -0.25) is 0 Å². The SMILES string of the molecule is Cc1c(CNC(=O)OCC2c3ccccc3-c3ccccc32)cc(B2OC(C)(C)C(C)(C)O2)c(C)c1OS(=O)(=O)F. The lowest BCUT2D eigenvalue weighted by Crippen LogP contribution is -2.41. The highest BCUT2D eigenvalue weighted by Gasteiger charge is 2.52. The molecular formula is C30H33BFNO7S. The van der Waals surface area contributed by atoms with Crippen molar-refractivity contribution in [2.75, 3.05) is 6.61 Å². The minimum Gasteiger partial charge on any atom is -0.449 e. The molecule has 0 atom stereocenters. The minimum atomic E-state index is -5.32. The maximum Gasteiger partial charge on any atom is 0.495 e. The molecule has 2 aliphatic rings. The van der Waals surface area contributed by atoms with Gasteiger partial charge in [-0.1, -0.05) is 58.5 Å². The van der Waals surface area contributed by atoms with Crippen molar-refractivity contribution in [2.45, 2.75) is 65.2 Å². The number of nitrogens with one attached hydrogen (secondary N) is 1. The summed E-state index contributed by atoms with van der Waals surface area (Å²) in [5, 5.41) is 2.73. The van der Waals surface area contributed by atoms with Gasteiger partial charge < -0.3 is 23.5 Å². The number of hydrogen-bond donors (Lipinski definition) is 1. The van der Waals surface area contributed by atoms with Crippen LogP contribution in [0.3, 0.4) is 0 Å². The first kappa shape index (κ1) is 29.1. The van der Waals surface area contributed by atoms with E-state index in [0.717, 1.165) is 22.3 Å². The Morgan fingerprint density at radius 1 is 0.951 bits per heavy atom. The van der Waals surface area contributed by atoms with Crippen molar-refractivity contribution >= 4 is 29.2 Å². The Balaban J connectivity index is 1.35. The summed E-state index contributed by atoms with van der Waals surface area (Å²) in [4.78, 5) is 12.8. The minimum absolute atomic E-state index is 0.0298. The third-order valence-corrected chi connectivity index (χ3v) is 8.75. The van der Waals surface area contributed by atoms with Crippen molar-refractivity contribution in [3.63, 3.8) is 0 Å². The first-order valence-corrected chi connectivity index (χ1v) is 14.7. The summed E-state index contributed by atoms with van der Waals surface area (Å²) >= 11 is 0. The van der Waals surface area contributed by atoms with Gasteiger partial charge in [-0.25, -0.2) is 4.79 Å². The van der Waals surface area contributed by atoms with Crippen LogP contribution in [0.1, 0.15) is 61.4 Å². The summed E-state index contributed by atoms with van der Waals surface area (Å²) in [6.07, 6.45) is -0.649. The van der Waals surface area contributed by atoms with Crippen LogP contribution in [-0.4, -0.2) is 39.4 Å². The van der Waals surface area contributed by atoms with E-state index in [1.807, 2.05) is 64.1 Å². The van der Waals surface area contributed by atoms with Gasteiger partial charge in [0, 0.05) is 12.5 Å². The van der Waals surface area contributed by atoms with Gasteiger partial charge in [-0.15, -0.1) is 0 Å². The molecule has 1 heterocycles. The topological polar surface area (TPSA) is 100 Å². The highest BCUT2D eigenvalue weighted by Crippen LogP contribution is 2.44. The van der Waals surface area contributed by atoms with Crippen LogP contribution in [0, 0.1) is 13.8 Å². The Morgan fingerprint density at radius 3 is 2.02 bits per heavy atom. The fourth-order valence-electron chi connectivity index (χ4n) is 5.40. The molecule has 1 N–H and O–H groups in total. The summed E-state index contributed by atoms with van der Waals surface area (Å²) in [6.45, 7) is 10.9. The number of fused-ring (bicyclic) bond motifs is 3. The lowest BCUT2D eigenvalue weighted by Gasteiger charge is -2.32. The van der Waals surface area contributed by atoms with Gasteiger partial charge in [-0.05, 0) is 85.9 Å². The van der Waals surface area contributed by atoms with Crippen LogP contribution in [0.5, 0.6) is 5.75 Å². The summed E-state index contributed by atoms with van der Waals surface area (Å²) in [6, 6.07) is 17.8. The Kier molecular flexibility index (Phi) is 7.42. The van der Waals surface area contributed by atoms with Gasteiger partial charge in [0.2, 0.25) is 0 Å². The van der Waals surface area contributed by atoms with Crippen LogP contribution in [0.25, 0.3) is 11.1 Å². The summed E-state index contributed by atoms with van der Waals surface area (Å²) in [5.74, 6) is -0.275. The lowest BCUT2D eigenvalue weighted by molar-refractivity contribution is 0.00578. The van der Waals surface area contributed by atoms with E-state index < -0.39 is 34.9 Å². The fraction of sp³-hybridized carbons (Fsp3) is 0.367. The van der Waals surface area contributed by atoms with E-state index in [2.05, 4.69) is 17.4 Å². The molecular weight excluding hydrogens is 548 g/mol. The average Bonchev–Trinajstić information content (AvgIpc) is 3.33. The Morgan fingerprint density at radius 2 is 1.49 bits per heavy atom. The van der Waals surface area contributed by atoms with E-state index in [9.17, 15) is 17.1 Å². The molecule has 3 aromatic rings. The second-order valence-corrected chi connectivity index (χ2v) is 12.4. The molecule has 0 spiro atoms. The quantitative estimate of drug-likeness (QED) is 0.301. The Labute approximate surface area is 240 Å². The van der Waals surface area contributed by atoms with Crippen LogP contribution in [0.15, 0.2) is 54.6 Å². The number of rotatable bonds is 7. The zero-order valence-electron chi connectivity index (χ0n) is 23.9. The number of halogens is 1. The summed E-state index contributed by atoms with van der Waals surface area (Å²) in [7, 11) is -6.18. The third kappa shape index (κ3) is 5.58. The van der Waals surface area contributed by atoms with Crippen molar-refractivity contribution in [2.24, 2.45) is 0 Å². The molecule has 3 aromatic carbocycles. The van der Waals surface area contributed by atoms with Crippen LogP contribution >= 0.6 is 0 Å². The molecule has 0 radical (unpaired) electrons. The molecule has 41 heavy (non-hydrogen) atoms. The normalized spacial score (nSPS) is 17.2. The maximum atomic E-state index is 13.7. The third-order valence-electron chi connectivity index (χ3n) is 8.38. The van der Waals surface area contributed by atoms with Crippen molar-refractivity contribution in [1.29, 1.82) is 0 Å². The summed E-state index contributed by atoms with van der Waals surface area (Å²) in [5.41, 5.74) is 4.77. The van der Waals surface area contributed by atoms with Crippen LogP contribution in [0.2, 0.25) is 0 Å². The van der Waals surface area contributed by atoms with E-state index in [1.165, 1.54) is 0 Å². The van der Waals surface area contributed by atoms with E-state index >= 15 is 0 Å². The number of alkyl carbamates (subject to hydrolysis) is 1. The van der Waals surface area contributed by atoms with Gasteiger partial charge in [-0.2, -0.15) is 8.42 Å².